The van der Waals surface area contributed by atoms with Crippen molar-refractivity contribution in [2.75, 3.05) is 13.2 Å². The molecule has 1 aliphatic heterocycles. The number of cyclic esters (lactones) is 1. The Bertz CT molecular complexity index is 943. The molecule has 1 aliphatic carbocycles. The molecular formula is C20H21NO6. The molecule has 2 aliphatic rings. The normalized spacial score (nSPS) is 24.4. The Kier molecular flexibility index (Phi) is 4.39. The van der Waals surface area contributed by atoms with Crippen molar-refractivity contribution in [3.05, 3.63) is 41.3 Å². The van der Waals surface area contributed by atoms with E-state index in [0.717, 1.165) is 35.0 Å². The highest BCUT2D eigenvalue weighted by Gasteiger charge is 2.57. The van der Waals surface area contributed by atoms with Crippen LogP contribution in [0.2, 0.25) is 0 Å². The van der Waals surface area contributed by atoms with Crippen LogP contribution in [0.1, 0.15) is 37.9 Å². The summed E-state index contributed by atoms with van der Waals surface area (Å²) in [6, 6.07) is 7.99. The van der Waals surface area contributed by atoms with Crippen molar-refractivity contribution in [3.63, 3.8) is 0 Å². The van der Waals surface area contributed by atoms with E-state index in [1.165, 1.54) is 0 Å². The maximum absolute atomic E-state index is 12.6. The largest absolute Gasteiger partial charge is 0.480 e. The van der Waals surface area contributed by atoms with E-state index in [9.17, 15) is 9.59 Å². The molecule has 142 valence electrons. The number of esters is 2. The molecule has 7 heteroatoms. The summed E-state index contributed by atoms with van der Waals surface area (Å²) in [5, 5.41) is 1.12. The number of para-hydroxylation sites is 1. The minimum atomic E-state index is -2.17. The zero-order chi connectivity index (χ0) is 19.0. The fraction of sp³-hybridized carbons (Fsp3) is 0.400. The predicted molar refractivity (Wildman–Crippen MR) is 96.3 cm³/mol. The minimum absolute atomic E-state index is 0.00371. The molecule has 1 aromatic carbocycles. The first kappa shape index (κ1) is 17.6. The number of H-pyrrole nitrogens is 1. The van der Waals surface area contributed by atoms with E-state index in [1.807, 2.05) is 18.2 Å². The van der Waals surface area contributed by atoms with E-state index in [1.54, 1.807) is 13.8 Å². The third-order valence-electron chi connectivity index (χ3n) is 4.75. The molecule has 0 spiro atoms. The van der Waals surface area contributed by atoms with Gasteiger partial charge in [0.1, 0.15) is 0 Å². The van der Waals surface area contributed by atoms with E-state index in [-0.39, 0.29) is 19.0 Å². The molecule has 0 saturated carbocycles. The van der Waals surface area contributed by atoms with Gasteiger partial charge in [-0.25, -0.2) is 9.59 Å². The predicted octanol–water partition coefficient (Wildman–Crippen LogP) is 3.04. The summed E-state index contributed by atoms with van der Waals surface area (Å²) in [7, 11) is 0. The summed E-state index contributed by atoms with van der Waals surface area (Å²) in [6.45, 7) is 3.57. The van der Waals surface area contributed by atoms with Crippen molar-refractivity contribution in [1.29, 1.82) is 0 Å². The summed E-state index contributed by atoms with van der Waals surface area (Å²) in [5.41, 5.74) is 3.69. The number of carbonyl (C=O) groups is 2. The number of nitrogens with one attached hydrogen (secondary N) is 1. The van der Waals surface area contributed by atoms with Gasteiger partial charge in [0.25, 0.3) is 0 Å². The highest BCUT2D eigenvalue weighted by Crippen LogP contribution is 2.41. The number of hydrogen-bond acceptors (Lipinski definition) is 6. The Labute approximate surface area is 156 Å². The number of hydrogen-bond donors (Lipinski definition) is 1. The zero-order valence-electron chi connectivity index (χ0n) is 15.3. The number of fused-ring (bicyclic) bond motifs is 3. The van der Waals surface area contributed by atoms with Crippen LogP contribution in [0.15, 0.2) is 30.0 Å². The van der Waals surface area contributed by atoms with E-state index in [0.29, 0.717) is 12.0 Å². The Morgan fingerprint density at radius 3 is 2.78 bits per heavy atom. The summed E-state index contributed by atoms with van der Waals surface area (Å²) in [6.07, 6.45) is 2.40. The van der Waals surface area contributed by atoms with Crippen molar-refractivity contribution < 1.29 is 28.5 Å². The third kappa shape index (κ3) is 2.78. The summed E-state index contributed by atoms with van der Waals surface area (Å²) >= 11 is 0. The number of carbonyl (C=O) groups excluding carboxylic acids is 2. The highest BCUT2D eigenvalue weighted by atomic mass is 16.9. The second kappa shape index (κ2) is 6.74. The first-order valence-corrected chi connectivity index (χ1v) is 9.16. The number of benzene rings is 1. The van der Waals surface area contributed by atoms with Crippen LogP contribution in [0.3, 0.4) is 0 Å². The molecule has 1 aromatic heterocycles. The number of ether oxygens (including phenoxy) is 4. The van der Waals surface area contributed by atoms with Crippen LogP contribution in [0, 0.1) is 0 Å². The first-order chi connectivity index (χ1) is 13.1. The monoisotopic (exact) mass is 371 g/mol. The number of aromatic nitrogens is 1. The molecule has 1 N–H and O–H groups in total. The quantitative estimate of drug-likeness (QED) is 0.657. The molecule has 0 amide bonds. The van der Waals surface area contributed by atoms with Crippen LogP contribution in [0.25, 0.3) is 16.5 Å². The van der Waals surface area contributed by atoms with Crippen LogP contribution in [-0.2, 0) is 35.0 Å². The minimum Gasteiger partial charge on any atom is -0.458 e. The van der Waals surface area contributed by atoms with Gasteiger partial charge >= 0.3 is 17.9 Å². The molecule has 1 fully saturated rings. The molecule has 27 heavy (non-hydrogen) atoms. The standard InChI is InChI=1S/C20H21NO6/c1-3-24-19(23)20(25-4-2)26-17(18(22)27-20)14-10-7-9-13-12-8-5-6-11-15(12)21-16(13)14/h5-6,8,11,21H,3-4,7,9-10H2,1-2H3/b17-14-/t20-/m0/s1. The van der Waals surface area contributed by atoms with Gasteiger partial charge in [-0.1, -0.05) is 18.2 Å². The molecule has 1 saturated heterocycles. The van der Waals surface area contributed by atoms with Gasteiger partial charge in [-0.3, -0.25) is 4.74 Å². The lowest BCUT2D eigenvalue weighted by Gasteiger charge is -2.23. The third-order valence-corrected chi connectivity index (χ3v) is 4.75. The molecular weight excluding hydrogens is 350 g/mol. The molecule has 0 bridgehead atoms. The van der Waals surface area contributed by atoms with Crippen LogP contribution < -0.4 is 0 Å². The lowest BCUT2D eigenvalue weighted by Crippen LogP contribution is -2.44. The summed E-state index contributed by atoms with van der Waals surface area (Å²) in [5.74, 6) is -3.76. The molecule has 2 aromatic rings. The highest BCUT2D eigenvalue weighted by molar-refractivity contribution is 6.01. The average Bonchev–Trinajstić information content (AvgIpc) is 3.21. The summed E-state index contributed by atoms with van der Waals surface area (Å²) < 4.78 is 21.3. The Hall–Kier alpha value is -2.80. The summed E-state index contributed by atoms with van der Waals surface area (Å²) in [4.78, 5) is 28.3. The number of aryl methyl sites for hydroxylation is 1. The fourth-order valence-electron chi connectivity index (χ4n) is 3.67. The van der Waals surface area contributed by atoms with Crippen molar-refractivity contribution >= 4 is 28.4 Å². The van der Waals surface area contributed by atoms with Crippen molar-refractivity contribution in [2.24, 2.45) is 0 Å². The second-order valence-corrected chi connectivity index (χ2v) is 6.39. The van der Waals surface area contributed by atoms with Gasteiger partial charge < -0.3 is 19.2 Å². The van der Waals surface area contributed by atoms with E-state index in [2.05, 4.69) is 11.1 Å². The molecule has 0 unspecified atom stereocenters. The molecule has 1 atom stereocenters. The van der Waals surface area contributed by atoms with E-state index < -0.39 is 17.9 Å². The maximum atomic E-state index is 12.6. The molecule has 0 radical (unpaired) electrons. The molecule has 4 rings (SSSR count). The van der Waals surface area contributed by atoms with Gasteiger partial charge in [0, 0.05) is 22.2 Å². The van der Waals surface area contributed by atoms with Gasteiger partial charge in [0.15, 0.2) is 0 Å². The van der Waals surface area contributed by atoms with Crippen molar-refractivity contribution in [2.45, 2.75) is 39.1 Å². The number of rotatable bonds is 4. The van der Waals surface area contributed by atoms with Crippen LogP contribution >= 0.6 is 0 Å². The Morgan fingerprint density at radius 2 is 2.00 bits per heavy atom. The van der Waals surface area contributed by atoms with Crippen LogP contribution in [-0.4, -0.2) is 36.1 Å². The maximum Gasteiger partial charge on any atom is 0.480 e. The van der Waals surface area contributed by atoms with Gasteiger partial charge in [-0.15, -0.1) is 0 Å². The number of allylic oxidation sites excluding steroid dienone is 1. The molecule has 2 heterocycles. The lowest BCUT2D eigenvalue weighted by molar-refractivity contribution is -0.307. The van der Waals surface area contributed by atoms with Crippen LogP contribution in [0.4, 0.5) is 0 Å². The lowest BCUT2D eigenvalue weighted by atomic mass is 9.90. The van der Waals surface area contributed by atoms with Gasteiger partial charge in [0.05, 0.1) is 13.2 Å². The first-order valence-electron chi connectivity index (χ1n) is 9.16. The van der Waals surface area contributed by atoms with Gasteiger partial charge in [0.2, 0.25) is 5.76 Å². The van der Waals surface area contributed by atoms with Crippen molar-refractivity contribution in [1.82, 2.24) is 4.98 Å². The average molecular weight is 371 g/mol. The smallest absolute Gasteiger partial charge is 0.458 e. The van der Waals surface area contributed by atoms with Gasteiger partial charge in [-0.2, -0.15) is 0 Å². The van der Waals surface area contributed by atoms with Crippen LogP contribution in [0.5, 0.6) is 0 Å². The number of aromatic amines is 1. The van der Waals surface area contributed by atoms with Crippen molar-refractivity contribution in [3.8, 4) is 0 Å². The fourth-order valence-corrected chi connectivity index (χ4v) is 3.67. The SMILES string of the molecule is CCOC(=O)[C@@]1(OCC)OC(=O)/C(=C2\CCCc3c2[nH]c2ccccc32)O1. The van der Waals surface area contributed by atoms with Gasteiger partial charge in [-0.05, 0) is 44.7 Å². The Balaban J connectivity index is 1.80. The Morgan fingerprint density at radius 1 is 1.19 bits per heavy atom. The topological polar surface area (TPSA) is 86.9 Å². The van der Waals surface area contributed by atoms with E-state index in [4.69, 9.17) is 18.9 Å². The zero-order valence-corrected chi connectivity index (χ0v) is 15.3. The molecule has 7 nitrogen and oxygen atoms in total. The van der Waals surface area contributed by atoms with E-state index >= 15 is 0 Å². The second-order valence-electron chi connectivity index (χ2n) is 6.39.